The molecule has 2 aliphatic heterocycles. The smallest absolute Gasteiger partial charge is 0.327 e. The normalized spacial score (nSPS) is 21.8. The number of nitrogens with one attached hydrogen (secondary N) is 1. The second-order valence-corrected chi connectivity index (χ2v) is 8.47. The molecule has 7 heteroatoms. The minimum absolute atomic E-state index is 0.222. The number of piperidine rings is 1. The van der Waals surface area contributed by atoms with Gasteiger partial charge in [0.15, 0.2) is 0 Å². The van der Waals surface area contributed by atoms with Crippen LogP contribution in [-0.4, -0.2) is 59.9 Å². The zero-order chi connectivity index (χ0) is 20.4. The molecule has 0 bridgehead atoms. The van der Waals surface area contributed by atoms with Crippen LogP contribution in [-0.2, 0) is 9.59 Å². The molecule has 4 rings (SSSR count). The quantitative estimate of drug-likeness (QED) is 0.791. The van der Waals surface area contributed by atoms with Crippen LogP contribution in [0.15, 0.2) is 24.3 Å². The number of likely N-dealkylation sites (N-methyl/N-ethyl adjacent to an activating group) is 1. The molecule has 1 aliphatic carbocycles. The summed E-state index contributed by atoms with van der Waals surface area (Å²) in [7, 11) is 1.68. The molecule has 1 aromatic rings. The first kappa shape index (κ1) is 19.7. The fourth-order valence-electron chi connectivity index (χ4n) is 4.92. The molecule has 0 radical (unpaired) electrons. The molecule has 156 valence electrons. The molecule has 7 nitrogen and oxygen atoms in total. The predicted octanol–water partition coefficient (Wildman–Crippen LogP) is 3.21. The molecular weight excluding hydrogens is 368 g/mol. The Bertz CT molecular complexity index is 780. The number of anilines is 2. The van der Waals surface area contributed by atoms with Crippen LogP contribution >= 0.6 is 0 Å². The van der Waals surface area contributed by atoms with Gasteiger partial charge in [0.1, 0.15) is 12.1 Å². The third-order valence-electron chi connectivity index (χ3n) is 6.66. The van der Waals surface area contributed by atoms with Crippen molar-refractivity contribution in [3.05, 3.63) is 24.3 Å². The lowest BCUT2D eigenvalue weighted by atomic mass is 9.81. The van der Waals surface area contributed by atoms with Crippen molar-refractivity contribution in [3.8, 4) is 0 Å². The second-order valence-electron chi connectivity index (χ2n) is 8.47. The van der Waals surface area contributed by atoms with Crippen molar-refractivity contribution in [2.75, 3.05) is 36.9 Å². The lowest BCUT2D eigenvalue weighted by molar-refractivity contribution is -0.136. The van der Waals surface area contributed by atoms with E-state index in [0.717, 1.165) is 42.9 Å². The Morgan fingerprint density at radius 3 is 2.24 bits per heavy atom. The molecule has 0 aromatic heterocycles. The van der Waals surface area contributed by atoms with E-state index in [-0.39, 0.29) is 24.4 Å². The summed E-state index contributed by atoms with van der Waals surface area (Å²) in [6.45, 7) is 1.90. The number of urea groups is 1. The summed E-state index contributed by atoms with van der Waals surface area (Å²) in [6, 6.07) is 7.41. The zero-order valence-corrected chi connectivity index (χ0v) is 17.2. The van der Waals surface area contributed by atoms with Gasteiger partial charge in [-0.1, -0.05) is 19.3 Å². The number of rotatable bonds is 4. The molecule has 2 heterocycles. The van der Waals surface area contributed by atoms with Crippen molar-refractivity contribution in [1.29, 1.82) is 0 Å². The fourth-order valence-corrected chi connectivity index (χ4v) is 4.92. The average molecular weight is 399 g/mol. The maximum absolute atomic E-state index is 13.0. The topological polar surface area (TPSA) is 73.0 Å². The van der Waals surface area contributed by atoms with Gasteiger partial charge in [-0.05, 0) is 56.4 Å². The number of benzene rings is 1. The van der Waals surface area contributed by atoms with Crippen molar-refractivity contribution in [2.24, 2.45) is 0 Å². The second kappa shape index (κ2) is 8.05. The molecule has 0 atom stereocenters. The average Bonchev–Trinajstić information content (AvgIpc) is 2.92. The van der Waals surface area contributed by atoms with E-state index in [1.807, 2.05) is 24.3 Å². The van der Waals surface area contributed by atoms with Gasteiger partial charge in [-0.25, -0.2) is 4.79 Å². The van der Waals surface area contributed by atoms with Gasteiger partial charge < -0.3 is 15.1 Å². The van der Waals surface area contributed by atoms with Crippen LogP contribution in [0.5, 0.6) is 0 Å². The molecule has 29 heavy (non-hydrogen) atoms. The van der Waals surface area contributed by atoms with Gasteiger partial charge in [0.25, 0.3) is 5.91 Å². The molecule has 1 aromatic carbocycles. The highest BCUT2D eigenvalue weighted by Gasteiger charge is 2.55. The molecule has 1 N–H and O–H groups in total. The number of hydrogen-bond acceptors (Lipinski definition) is 4. The third-order valence-corrected chi connectivity index (χ3v) is 6.66. The van der Waals surface area contributed by atoms with Crippen LogP contribution in [0.1, 0.15) is 51.4 Å². The Hall–Kier alpha value is -2.57. The molecule has 2 saturated heterocycles. The van der Waals surface area contributed by atoms with Crippen molar-refractivity contribution in [3.63, 3.8) is 0 Å². The number of carbonyl (C=O) groups is 3. The number of hydrogen-bond donors (Lipinski definition) is 1. The van der Waals surface area contributed by atoms with Crippen molar-refractivity contribution >= 4 is 29.2 Å². The van der Waals surface area contributed by atoms with E-state index in [0.29, 0.717) is 18.5 Å². The number of amides is 4. The minimum atomic E-state index is -0.744. The summed E-state index contributed by atoms with van der Waals surface area (Å²) in [5, 5.41) is 2.82. The number of nitrogens with zero attached hydrogens (tertiary/aromatic N) is 3. The van der Waals surface area contributed by atoms with Crippen molar-refractivity contribution < 1.29 is 14.4 Å². The molecule has 1 saturated carbocycles. The van der Waals surface area contributed by atoms with Crippen molar-refractivity contribution in [1.82, 2.24) is 9.80 Å². The fraction of sp³-hybridized carbons (Fsp3) is 0.591. The van der Waals surface area contributed by atoms with Crippen molar-refractivity contribution in [2.45, 2.75) is 56.9 Å². The first-order valence-electron chi connectivity index (χ1n) is 10.8. The first-order valence-corrected chi connectivity index (χ1v) is 10.8. The molecule has 1 spiro atoms. The minimum Gasteiger partial charge on any atom is -0.372 e. The first-order chi connectivity index (χ1) is 14.0. The predicted molar refractivity (Wildman–Crippen MR) is 112 cm³/mol. The standard InChI is InChI=1S/C22H30N4O3/c1-24-21(29)26(20(28)22(24)12-4-2-5-13-22)16-19(27)23-17-8-10-18(11-9-17)25-14-6-3-7-15-25/h8-11H,2-7,12-16H2,1H3,(H,23,27). The van der Waals surface area contributed by atoms with Crippen LogP contribution in [0.3, 0.4) is 0 Å². The van der Waals surface area contributed by atoms with E-state index in [9.17, 15) is 14.4 Å². The van der Waals surface area contributed by atoms with E-state index in [2.05, 4.69) is 10.2 Å². The summed E-state index contributed by atoms with van der Waals surface area (Å²) in [5.74, 6) is -0.570. The molecule has 0 unspecified atom stereocenters. The lowest BCUT2D eigenvalue weighted by Crippen LogP contribution is -2.49. The maximum Gasteiger partial charge on any atom is 0.327 e. The van der Waals surface area contributed by atoms with Gasteiger partial charge in [-0.3, -0.25) is 14.5 Å². The largest absolute Gasteiger partial charge is 0.372 e. The molecule has 3 aliphatic rings. The SMILES string of the molecule is CN1C(=O)N(CC(=O)Nc2ccc(N3CCCCC3)cc2)C(=O)C12CCCCC2. The summed E-state index contributed by atoms with van der Waals surface area (Å²) in [5.41, 5.74) is 1.09. The van der Waals surface area contributed by atoms with Gasteiger partial charge >= 0.3 is 6.03 Å². The number of imide groups is 1. The summed E-state index contributed by atoms with van der Waals surface area (Å²) >= 11 is 0. The Kier molecular flexibility index (Phi) is 5.48. The highest BCUT2D eigenvalue weighted by atomic mass is 16.2. The molecule has 3 fully saturated rings. The van der Waals surface area contributed by atoms with Crippen LogP contribution in [0.2, 0.25) is 0 Å². The van der Waals surface area contributed by atoms with E-state index >= 15 is 0 Å². The Labute approximate surface area is 172 Å². The Morgan fingerprint density at radius 2 is 1.59 bits per heavy atom. The monoisotopic (exact) mass is 398 g/mol. The highest BCUT2D eigenvalue weighted by molar-refractivity contribution is 6.10. The third kappa shape index (κ3) is 3.70. The number of carbonyl (C=O) groups excluding carboxylic acids is 3. The van der Waals surface area contributed by atoms with Crippen LogP contribution < -0.4 is 10.2 Å². The van der Waals surface area contributed by atoms with Crippen LogP contribution in [0.25, 0.3) is 0 Å². The summed E-state index contributed by atoms with van der Waals surface area (Å²) < 4.78 is 0. The van der Waals surface area contributed by atoms with Crippen LogP contribution in [0.4, 0.5) is 16.2 Å². The molecule has 4 amide bonds. The van der Waals surface area contributed by atoms with Gasteiger partial charge in [0.2, 0.25) is 5.91 Å². The maximum atomic E-state index is 13.0. The Morgan fingerprint density at radius 1 is 0.966 bits per heavy atom. The molecular formula is C22H30N4O3. The van der Waals surface area contributed by atoms with Gasteiger partial charge in [0, 0.05) is 31.5 Å². The van der Waals surface area contributed by atoms with Gasteiger partial charge in [0.05, 0.1) is 0 Å². The van der Waals surface area contributed by atoms with E-state index in [4.69, 9.17) is 0 Å². The van der Waals surface area contributed by atoms with E-state index in [1.54, 1.807) is 11.9 Å². The summed E-state index contributed by atoms with van der Waals surface area (Å²) in [4.78, 5) is 43.2. The lowest BCUT2D eigenvalue weighted by Gasteiger charge is -2.35. The highest BCUT2D eigenvalue weighted by Crippen LogP contribution is 2.39. The van der Waals surface area contributed by atoms with Crippen LogP contribution in [0, 0.1) is 0 Å². The van der Waals surface area contributed by atoms with Gasteiger partial charge in [-0.15, -0.1) is 0 Å². The summed E-state index contributed by atoms with van der Waals surface area (Å²) in [6.07, 6.45) is 8.05. The zero-order valence-electron chi connectivity index (χ0n) is 17.2. The van der Waals surface area contributed by atoms with Gasteiger partial charge in [-0.2, -0.15) is 0 Å². The Balaban J connectivity index is 1.38. The van der Waals surface area contributed by atoms with E-state index < -0.39 is 5.54 Å². The van der Waals surface area contributed by atoms with E-state index in [1.165, 1.54) is 19.3 Å².